The van der Waals surface area contributed by atoms with Crippen LogP contribution in [-0.2, 0) is 6.18 Å². The molecule has 11 heteroatoms. The third-order valence-electron chi connectivity index (χ3n) is 5.31. The molecule has 2 aromatic carbocycles. The number of carbonyl (C=O) groups is 1. The summed E-state index contributed by atoms with van der Waals surface area (Å²) in [6.45, 7) is 1.80. The first-order chi connectivity index (χ1) is 17.2. The van der Waals surface area contributed by atoms with Gasteiger partial charge in [0.2, 0.25) is 11.8 Å². The molecule has 0 bridgehead atoms. The molecule has 2 aromatic heterocycles. The summed E-state index contributed by atoms with van der Waals surface area (Å²) in [5.41, 5.74) is 0.728. The lowest BCUT2D eigenvalue weighted by Crippen LogP contribution is -2.26. The van der Waals surface area contributed by atoms with Gasteiger partial charge >= 0.3 is 6.18 Å². The number of carbonyl (C=O) groups excluding carboxylic acids is 1. The van der Waals surface area contributed by atoms with Crippen LogP contribution in [0, 0.1) is 6.92 Å². The minimum Gasteiger partial charge on any atom is -0.438 e. The van der Waals surface area contributed by atoms with Crippen LogP contribution < -0.4 is 15.0 Å². The van der Waals surface area contributed by atoms with Crippen molar-refractivity contribution in [1.29, 1.82) is 0 Å². The highest BCUT2D eigenvalue weighted by atomic mass is 19.4. The second-order valence-electron chi connectivity index (χ2n) is 7.73. The van der Waals surface area contributed by atoms with Crippen LogP contribution in [0.5, 0.6) is 11.6 Å². The third-order valence-corrected chi connectivity index (χ3v) is 5.31. The molecule has 0 saturated carbocycles. The number of ether oxygens (including phenoxy) is 1. The molecule has 0 aliphatic carbocycles. The number of hydrogen-bond donors (Lipinski definition) is 1. The summed E-state index contributed by atoms with van der Waals surface area (Å²) in [6.07, 6.45) is -1.61. The van der Waals surface area contributed by atoms with Gasteiger partial charge < -0.3 is 15.0 Å². The highest BCUT2D eigenvalue weighted by Gasteiger charge is 2.31. The van der Waals surface area contributed by atoms with Crippen molar-refractivity contribution in [2.75, 3.05) is 24.3 Å². The first-order valence-corrected chi connectivity index (χ1v) is 10.7. The van der Waals surface area contributed by atoms with E-state index in [1.54, 1.807) is 44.4 Å². The molecule has 4 rings (SSSR count). The molecular weight excluding hydrogens is 473 g/mol. The number of aromatic nitrogens is 4. The molecule has 0 fully saturated rings. The highest BCUT2D eigenvalue weighted by Crippen LogP contribution is 2.33. The number of benzene rings is 2. The number of alkyl halides is 3. The Morgan fingerprint density at radius 2 is 1.83 bits per heavy atom. The summed E-state index contributed by atoms with van der Waals surface area (Å²) in [6, 6.07) is 12.8. The van der Waals surface area contributed by atoms with E-state index in [4.69, 9.17) is 4.74 Å². The average Bonchev–Trinajstić information content (AvgIpc) is 2.89. The second-order valence-corrected chi connectivity index (χ2v) is 7.73. The van der Waals surface area contributed by atoms with Crippen molar-refractivity contribution in [1.82, 2.24) is 19.9 Å². The number of nitrogens with zero attached hydrogens (tertiary/aromatic N) is 5. The summed E-state index contributed by atoms with van der Waals surface area (Å²) in [5, 5.41) is 2.84. The maximum absolute atomic E-state index is 13.1. The molecule has 36 heavy (non-hydrogen) atoms. The normalized spacial score (nSPS) is 11.2. The zero-order chi connectivity index (χ0) is 25.9. The van der Waals surface area contributed by atoms with Crippen molar-refractivity contribution in [2.45, 2.75) is 13.1 Å². The van der Waals surface area contributed by atoms with Crippen molar-refractivity contribution in [3.05, 3.63) is 83.8 Å². The van der Waals surface area contributed by atoms with Crippen LogP contribution in [0.4, 0.5) is 24.8 Å². The van der Waals surface area contributed by atoms with Gasteiger partial charge in [0.25, 0.3) is 5.91 Å². The Morgan fingerprint density at radius 1 is 1.03 bits per heavy atom. The van der Waals surface area contributed by atoms with Gasteiger partial charge in [-0.1, -0.05) is 12.1 Å². The highest BCUT2D eigenvalue weighted by molar-refractivity contribution is 6.06. The Morgan fingerprint density at radius 3 is 2.58 bits per heavy atom. The van der Waals surface area contributed by atoms with Crippen molar-refractivity contribution in [3.8, 4) is 23.0 Å². The number of pyridine rings is 1. The van der Waals surface area contributed by atoms with Gasteiger partial charge in [0, 0.05) is 31.5 Å². The molecule has 8 nitrogen and oxygen atoms in total. The van der Waals surface area contributed by atoms with Crippen molar-refractivity contribution < 1.29 is 22.7 Å². The molecule has 0 saturated heterocycles. The van der Waals surface area contributed by atoms with Gasteiger partial charge in [-0.15, -0.1) is 0 Å². The molecular formula is C25H21F3N6O2. The van der Waals surface area contributed by atoms with Gasteiger partial charge in [0.1, 0.15) is 12.1 Å². The smallest absolute Gasteiger partial charge is 0.416 e. The van der Waals surface area contributed by atoms with Gasteiger partial charge in [-0.05, 0) is 55.0 Å². The van der Waals surface area contributed by atoms with E-state index in [2.05, 4.69) is 25.3 Å². The quantitative estimate of drug-likeness (QED) is 0.385. The number of nitrogens with one attached hydrogen (secondary N) is 1. The van der Waals surface area contributed by atoms with E-state index in [1.807, 2.05) is 0 Å². The number of hydrogen-bond acceptors (Lipinski definition) is 7. The van der Waals surface area contributed by atoms with Gasteiger partial charge in [0.05, 0.1) is 11.1 Å². The maximum atomic E-state index is 13.1. The summed E-state index contributed by atoms with van der Waals surface area (Å²) in [5.74, 6) is 0.769. The molecule has 1 N–H and O–H groups in total. The van der Waals surface area contributed by atoms with E-state index in [9.17, 15) is 18.0 Å². The van der Waals surface area contributed by atoms with Crippen molar-refractivity contribution >= 4 is 17.5 Å². The largest absolute Gasteiger partial charge is 0.438 e. The fourth-order valence-corrected chi connectivity index (χ4v) is 3.34. The fourth-order valence-electron chi connectivity index (χ4n) is 3.34. The Kier molecular flexibility index (Phi) is 6.82. The van der Waals surface area contributed by atoms with Crippen LogP contribution in [0.15, 0.2) is 67.1 Å². The summed E-state index contributed by atoms with van der Waals surface area (Å²) in [7, 11) is 3.09. The zero-order valence-electron chi connectivity index (χ0n) is 19.5. The molecule has 2 heterocycles. The van der Waals surface area contributed by atoms with Crippen molar-refractivity contribution in [2.24, 2.45) is 0 Å². The Hall–Kier alpha value is -4.54. The third kappa shape index (κ3) is 5.24. The number of halogens is 3. The van der Waals surface area contributed by atoms with E-state index in [0.29, 0.717) is 23.1 Å². The van der Waals surface area contributed by atoms with Crippen LogP contribution in [0.2, 0.25) is 0 Å². The van der Waals surface area contributed by atoms with Gasteiger partial charge in [-0.3, -0.25) is 4.79 Å². The lowest BCUT2D eigenvalue weighted by atomic mass is 10.1. The number of anilines is 2. The Labute approximate surface area is 204 Å². The maximum Gasteiger partial charge on any atom is 0.416 e. The van der Waals surface area contributed by atoms with Crippen LogP contribution in [-0.4, -0.2) is 39.9 Å². The Bertz CT molecular complexity index is 1410. The summed E-state index contributed by atoms with van der Waals surface area (Å²) in [4.78, 5) is 31.1. The Balaban J connectivity index is 1.64. The van der Waals surface area contributed by atoms with E-state index >= 15 is 0 Å². The topological polar surface area (TPSA) is 93.1 Å². The molecule has 0 aliphatic rings. The molecule has 0 spiro atoms. The predicted octanol–water partition coefficient (Wildman–Crippen LogP) is 5.37. The van der Waals surface area contributed by atoms with Crippen LogP contribution in [0.3, 0.4) is 0 Å². The SMILES string of the molecule is CNc1ncnc(-c2cccnc2Oc2cc(C(=O)N(C)c3cccc(C(F)(F)F)c3)ccc2C)n1. The first-order valence-electron chi connectivity index (χ1n) is 10.7. The molecule has 0 unspecified atom stereocenters. The van der Waals surface area contributed by atoms with E-state index < -0.39 is 17.6 Å². The number of amides is 1. The monoisotopic (exact) mass is 494 g/mol. The van der Waals surface area contributed by atoms with Crippen LogP contribution in [0.1, 0.15) is 21.5 Å². The standard InChI is InChI=1S/C25H21F3N6O2/c1-15-9-10-16(23(35)34(3)18-7-4-6-17(13-18)25(26,27)28)12-20(15)36-22-19(8-5-11-30-22)21-31-14-32-24(29-2)33-21/h4-14H,1-3H3,(H,29,31,32,33). The average molecular weight is 494 g/mol. The first kappa shape index (κ1) is 24.6. The zero-order valence-corrected chi connectivity index (χ0v) is 19.5. The molecule has 0 aliphatic heterocycles. The van der Waals surface area contributed by atoms with Gasteiger partial charge in [-0.25, -0.2) is 15.0 Å². The molecule has 1 amide bonds. The van der Waals surface area contributed by atoms with E-state index in [-0.39, 0.29) is 17.1 Å². The van der Waals surface area contributed by atoms with E-state index in [1.165, 1.54) is 31.6 Å². The molecule has 184 valence electrons. The molecule has 0 radical (unpaired) electrons. The minimum absolute atomic E-state index is 0.111. The number of rotatable bonds is 6. The second kappa shape index (κ2) is 9.98. The van der Waals surface area contributed by atoms with E-state index in [0.717, 1.165) is 22.6 Å². The lowest BCUT2D eigenvalue weighted by Gasteiger charge is -2.20. The fraction of sp³-hybridized carbons (Fsp3) is 0.160. The summed E-state index contributed by atoms with van der Waals surface area (Å²) >= 11 is 0. The minimum atomic E-state index is -4.52. The number of aryl methyl sites for hydroxylation is 1. The lowest BCUT2D eigenvalue weighted by molar-refractivity contribution is -0.137. The van der Waals surface area contributed by atoms with Crippen LogP contribution >= 0.6 is 0 Å². The molecule has 0 atom stereocenters. The molecule has 4 aromatic rings. The van der Waals surface area contributed by atoms with Crippen molar-refractivity contribution in [3.63, 3.8) is 0 Å². The van der Waals surface area contributed by atoms with Crippen LogP contribution in [0.25, 0.3) is 11.4 Å². The summed E-state index contributed by atoms with van der Waals surface area (Å²) < 4.78 is 45.4. The van der Waals surface area contributed by atoms with Gasteiger partial charge in [0.15, 0.2) is 5.82 Å². The van der Waals surface area contributed by atoms with Gasteiger partial charge in [-0.2, -0.15) is 18.2 Å². The predicted molar refractivity (Wildman–Crippen MR) is 128 cm³/mol.